The minimum absolute atomic E-state index is 0.240. The Morgan fingerprint density at radius 2 is 2.05 bits per heavy atom. The second kappa shape index (κ2) is 6.38. The molecular formula is C14H12BrFN2O2. The van der Waals surface area contributed by atoms with Gasteiger partial charge in [-0.25, -0.2) is 4.39 Å². The van der Waals surface area contributed by atoms with E-state index in [0.29, 0.717) is 15.8 Å². The Bertz CT molecular complexity index is 634. The van der Waals surface area contributed by atoms with Crippen molar-refractivity contribution in [2.24, 2.45) is 0 Å². The zero-order valence-corrected chi connectivity index (χ0v) is 12.0. The highest BCUT2D eigenvalue weighted by Gasteiger charge is 2.08. The molecule has 20 heavy (non-hydrogen) atoms. The number of carbonyl (C=O) groups excluding carboxylic acids is 1. The lowest BCUT2D eigenvalue weighted by Gasteiger charge is -2.10. The van der Waals surface area contributed by atoms with Gasteiger partial charge in [0.15, 0.2) is 6.61 Å². The van der Waals surface area contributed by atoms with Gasteiger partial charge in [-0.3, -0.25) is 4.79 Å². The summed E-state index contributed by atoms with van der Waals surface area (Å²) in [4.78, 5) is 11.7. The summed E-state index contributed by atoms with van der Waals surface area (Å²) in [5, 5.41) is 2.62. The Morgan fingerprint density at radius 1 is 1.30 bits per heavy atom. The number of nitrogen functional groups attached to an aromatic ring is 1. The fraction of sp³-hybridized carbons (Fsp3) is 0.0714. The molecule has 2 rings (SSSR count). The number of nitrogens with one attached hydrogen (secondary N) is 1. The molecule has 3 N–H and O–H groups in total. The van der Waals surface area contributed by atoms with Crippen LogP contribution in [0.2, 0.25) is 0 Å². The van der Waals surface area contributed by atoms with E-state index in [1.165, 1.54) is 18.2 Å². The van der Waals surface area contributed by atoms with Crippen molar-refractivity contribution in [2.75, 3.05) is 17.7 Å². The first-order valence-corrected chi connectivity index (χ1v) is 6.58. The maximum absolute atomic E-state index is 13.1. The van der Waals surface area contributed by atoms with E-state index in [2.05, 4.69) is 21.2 Å². The van der Waals surface area contributed by atoms with E-state index < -0.39 is 5.82 Å². The highest BCUT2D eigenvalue weighted by Crippen LogP contribution is 2.25. The minimum atomic E-state index is -0.434. The second-order valence-corrected chi connectivity index (χ2v) is 4.85. The topological polar surface area (TPSA) is 64.3 Å². The molecule has 0 aliphatic heterocycles. The number of benzene rings is 2. The van der Waals surface area contributed by atoms with E-state index in [-0.39, 0.29) is 18.3 Å². The van der Waals surface area contributed by atoms with Crippen LogP contribution >= 0.6 is 15.9 Å². The van der Waals surface area contributed by atoms with Crippen LogP contribution in [0, 0.1) is 5.82 Å². The summed E-state index contributed by atoms with van der Waals surface area (Å²) in [5.74, 6) is -0.545. The Labute approximate surface area is 123 Å². The summed E-state index contributed by atoms with van der Waals surface area (Å²) in [6.07, 6.45) is 0. The number of hydrogen-bond donors (Lipinski definition) is 2. The average Bonchev–Trinajstić information content (AvgIpc) is 2.42. The predicted molar refractivity (Wildman–Crippen MR) is 79.1 cm³/mol. The van der Waals surface area contributed by atoms with Crippen molar-refractivity contribution in [2.45, 2.75) is 0 Å². The molecule has 2 aromatic carbocycles. The third-order valence-electron chi connectivity index (χ3n) is 2.49. The van der Waals surface area contributed by atoms with Gasteiger partial charge in [0.1, 0.15) is 11.6 Å². The van der Waals surface area contributed by atoms with Gasteiger partial charge in [0.2, 0.25) is 0 Å². The van der Waals surface area contributed by atoms with E-state index in [4.69, 9.17) is 10.5 Å². The monoisotopic (exact) mass is 338 g/mol. The molecule has 0 spiro atoms. The molecule has 0 saturated carbocycles. The van der Waals surface area contributed by atoms with Gasteiger partial charge in [-0.2, -0.15) is 0 Å². The number of rotatable bonds is 4. The summed E-state index contributed by atoms with van der Waals surface area (Å²) in [7, 11) is 0. The number of amides is 1. The fourth-order valence-electron chi connectivity index (χ4n) is 1.53. The first-order chi connectivity index (χ1) is 9.56. The normalized spacial score (nSPS) is 10.1. The van der Waals surface area contributed by atoms with Crippen LogP contribution in [-0.2, 0) is 4.79 Å². The van der Waals surface area contributed by atoms with Crippen LogP contribution in [0.5, 0.6) is 5.75 Å². The number of para-hydroxylation sites is 2. The molecule has 0 aromatic heterocycles. The minimum Gasteiger partial charge on any atom is -0.482 e. The number of hydrogen-bond acceptors (Lipinski definition) is 3. The molecule has 0 bridgehead atoms. The molecule has 1 amide bonds. The Morgan fingerprint density at radius 3 is 2.80 bits per heavy atom. The molecule has 0 atom stereocenters. The summed E-state index contributed by atoms with van der Waals surface area (Å²) in [5.41, 5.74) is 6.69. The molecule has 0 fully saturated rings. The van der Waals surface area contributed by atoms with Crippen LogP contribution < -0.4 is 15.8 Å². The Hall–Kier alpha value is -2.08. The van der Waals surface area contributed by atoms with Gasteiger partial charge in [0.05, 0.1) is 15.8 Å². The maximum atomic E-state index is 13.1. The smallest absolute Gasteiger partial charge is 0.262 e. The SMILES string of the molecule is Nc1ccccc1NC(=O)COc1cc(F)ccc1Br. The fourth-order valence-corrected chi connectivity index (χ4v) is 1.89. The lowest BCUT2D eigenvalue weighted by Crippen LogP contribution is -2.20. The summed E-state index contributed by atoms with van der Waals surface area (Å²) in [6, 6.07) is 10.9. The van der Waals surface area contributed by atoms with Crippen molar-refractivity contribution in [3.8, 4) is 5.75 Å². The molecule has 0 radical (unpaired) electrons. The first kappa shape index (κ1) is 14.3. The van der Waals surface area contributed by atoms with Gasteiger partial charge >= 0.3 is 0 Å². The first-order valence-electron chi connectivity index (χ1n) is 5.78. The summed E-state index contributed by atoms with van der Waals surface area (Å²) in [6.45, 7) is -0.240. The van der Waals surface area contributed by atoms with Gasteiger partial charge in [-0.1, -0.05) is 12.1 Å². The summed E-state index contributed by atoms with van der Waals surface area (Å²) >= 11 is 3.22. The highest BCUT2D eigenvalue weighted by atomic mass is 79.9. The van der Waals surface area contributed by atoms with Crippen molar-refractivity contribution in [3.05, 3.63) is 52.8 Å². The zero-order valence-electron chi connectivity index (χ0n) is 10.4. The Balaban J connectivity index is 1.96. The number of nitrogens with two attached hydrogens (primary N) is 1. The van der Waals surface area contributed by atoms with Crippen molar-refractivity contribution in [1.82, 2.24) is 0 Å². The van der Waals surface area contributed by atoms with E-state index in [0.717, 1.165) is 0 Å². The molecule has 104 valence electrons. The Kier molecular flexibility index (Phi) is 4.57. The number of halogens is 2. The number of ether oxygens (including phenoxy) is 1. The lowest BCUT2D eigenvalue weighted by molar-refractivity contribution is -0.118. The molecule has 0 unspecified atom stereocenters. The number of carbonyl (C=O) groups is 1. The second-order valence-electron chi connectivity index (χ2n) is 4.00. The van der Waals surface area contributed by atoms with Gasteiger partial charge in [-0.05, 0) is 40.2 Å². The third kappa shape index (κ3) is 3.71. The van der Waals surface area contributed by atoms with Gasteiger partial charge < -0.3 is 15.8 Å². The molecule has 0 saturated heterocycles. The van der Waals surface area contributed by atoms with Crippen molar-refractivity contribution >= 4 is 33.2 Å². The van der Waals surface area contributed by atoms with Crippen LogP contribution in [0.15, 0.2) is 46.9 Å². The number of anilines is 2. The van der Waals surface area contributed by atoms with Crippen molar-refractivity contribution in [3.63, 3.8) is 0 Å². The van der Waals surface area contributed by atoms with Crippen LogP contribution in [-0.4, -0.2) is 12.5 Å². The van der Waals surface area contributed by atoms with Crippen LogP contribution in [0.1, 0.15) is 0 Å². The van der Waals surface area contributed by atoms with E-state index in [1.807, 2.05) is 0 Å². The van der Waals surface area contributed by atoms with E-state index in [1.54, 1.807) is 24.3 Å². The average molecular weight is 339 g/mol. The van der Waals surface area contributed by atoms with Gasteiger partial charge in [0, 0.05) is 6.07 Å². The highest BCUT2D eigenvalue weighted by molar-refractivity contribution is 9.10. The molecular weight excluding hydrogens is 327 g/mol. The van der Waals surface area contributed by atoms with Crippen LogP contribution in [0.4, 0.5) is 15.8 Å². The molecule has 2 aromatic rings. The van der Waals surface area contributed by atoms with Crippen molar-refractivity contribution < 1.29 is 13.9 Å². The standard InChI is InChI=1S/C14H12BrFN2O2/c15-10-6-5-9(16)7-13(10)20-8-14(19)18-12-4-2-1-3-11(12)17/h1-7H,8,17H2,(H,18,19). The van der Waals surface area contributed by atoms with Crippen LogP contribution in [0.25, 0.3) is 0 Å². The van der Waals surface area contributed by atoms with Gasteiger partial charge in [-0.15, -0.1) is 0 Å². The maximum Gasteiger partial charge on any atom is 0.262 e. The van der Waals surface area contributed by atoms with Crippen molar-refractivity contribution in [1.29, 1.82) is 0 Å². The molecule has 6 heteroatoms. The third-order valence-corrected chi connectivity index (χ3v) is 3.14. The molecule has 0 aliphatic carbocycles. The predicted octanol–water partition coefficient (Wildman–Crippen LogP) is 3.19. The summed E-state index contributed by atoms with van der Waals surface area (Å²) < 4.78 is 18.9. The quantitative estimate of drug-likeness (QED) is 0.841. The molecule has 4 nitrogen and oxygen atoms in total. The molecule has 0 heterocycles. The zero-order chi connectivity index (χ0) is 14.5. The molecule has 0 aliphatic rings. The van der Waals surface area contributed by atoms with E-state index in [9.17, 15) is 9.18 Å². The van der Waals surface area contributed by atoms with Gasteiger partial charge in [0.25, 0.3) is 5.91 Å². The van der Waals surface area contributed by atoms with E-state index >= 15 is 0 Å². The lowest BCUT2D eigenvalue weighted by atomic mass is 10.2. The largest absolute Gasteiger partial charge is 0.482 e. The van der Waals surface area contributed by atoms with Crippen LogP contribution in [0.3, 0.4) is 0 Å².